The Kier molecular flexibility index (Phi) is 2.61. The van der Waals surface area contributed by atoms with E-state index in [4.69, 9.17) is 0 Å². The van der Waals surface area contributed by atoms with Gasteiger partial charge in [0.15, 0.2) is 0 Å². The molecule has 10 heavy (non-hydrogen) atoms. The van der Waals surface area contributed by atoms with Gasteiger partial charge in [-0.2, -0.15) is 0 Å². The summed E-state index contributed by atoms with van der Waals surface area (Å²) in [4.78, 5) is 0. The molecule has 0 aromatic carbocycles. The maximum Gasteiger partial charge on any atom is 0.0756 e. The second-order valence-corrected chi connectivity index (χ2v) is 4.03. The number of piperidine rings is 1. The van der Waals surface area contributed by atoms with Crippen molar-refractivity contribution < 1.29 is 5.11 Å². The van der Waals surface area contributed by atoms with Gasteiger partial charge in [0.05, 0.1) is 5.60 Å². The minimum absolute atomic E-state index is 0.443. The van der Waals surface area contributed by atoms with E-state index in [1.807, 2.05) is 6.92 Å². The van der Waals surface area contributed by atoms with Crippen molar-refractivity contribution in [1.82, 2.24) is 4.31 Å². The SMILES string of the molecule is CSN1CCC[C@@](C)(O)C1. The minimum Gasteiger partial charge on any atom is -0.389 e. The van der Waals surface area contributed by atoms with Crippen LogP contribution in [0.25, 0.3) is 0 Å². The predicted molar refractivity (Wildman–Crippen MR) is 44.9 cm³/mol. The zero-order valence-electron chi connectivity index (χ0n) is 6.63. The topological polar surface area (TPSA) is 23.5 Å². The van der Waals surface area contributed by atoms with E-state index < -0.39 is 5.60 Å². The molecule has 1 fully saturated rings. The van der Waals surface area contributed by atoms with Crippen LogP contribution < -0.4 is 0 Å². The molecule has 1 heterocycles. The fourth-order valence-corrected chi connectivity index (χ4v) is 2.05. The molecule has 2 nitrogen and oxygen atoms in total. The molecule has 1 N–H and O–H groups in total. The maximum atomic E-state index is 9.62. The zero-order valence-corrected chi connectivity index (χ0v) is 7.45. The molecule has 0 saturated carbocycles. The number of hydrogen-bond donors (Lipinski definition) is 1. The van der Waals surface area contributed by atoms with Crippen molar-refractivity contribution in [2.24, 2.45) is 0 Å². The summed E-state index contributed by atoms with van der Waals surface area (Å²) in [5, 5.41) is 9.62. The van der Waals surface area contributed by atoms with Crippen molar-refractivity contribution >= 4 is 11.9 Å². The predicted octanol–water partition coefficient (Wildman–Crippen LogP) is 1.11. The quantitative estimate of drug-likeness (QED) is 0.583. The molecule has 0 radical (unpaired) electrons. The van der Waals surface area contributed by atoms with Gasteiger partial charge in [-0.1, -0.05) is 11.9 Å². The second kappa shape index (κ2) is 3.11. The van der Waals surface area contributed by atoms with Crippen LogP contribution in [0, 0.1) is 0 Å². The zero-order chi connectivity index (χ0) is 7.61. The molecule has 60 valence electrons. The largest absolute Gasteiger partial charge is 0.389 e. The van der Waals surface area contributed by atoms with Gasteiger partial charge in [0.2, 0.25) is 0 Å². The lowest BCUT2D eigenvalue weighted by Gasteiger charge is -2.35. The van der Waals surface area contributed by atoms with Gasteiger partial charge in [0.25, 0.3) is 0 Å². The Balaban J connectivity index is 2.40. The van der Waals surface area contributed by atoms with E-state index >= 15 is 0 Å². The molecule has 0 aliphatic carbocycles. The Hall–Kier alpha value is 0.270. The molecule has 0 unspecified atom stereocenters. The highest BCUT2D eigenvalue weighted by molar-refractivity contribution is 7.96. The van der Waals surface area contributed by atoms with Gasteiger partial charge >= 0.3 is 0 Å². The van der Waals surface area contributed by atoms with Crippen LogP contribution in [0.3, 0.4) is 0 Å². The Bertz CT molecular complexity index is 116. The second-order valence-electron chi connectivity index (χ2n) is 3.15. The van der Waals surface area contributed by atoms with Gasteiger partial charge in [-0.05, 0) is 26.0 Å². The van der Waals surface area contributed by atoms with Crippen LogP contribution in [0.1, 0.15) is 19.8 Å². The van der Waals surface area contributed by atoms with Crippen molar-refractivity contribution in [1.29, 1.82) is 0 Å². The lowest BCUT2D eigenvalue weighted by molar-refractivity contribution is 0.0123. The molecule has 3 heteroatoms. The van der Waals surface area contributed by atoms with Crippen molar-refractivity contribution in [3.63, 3.8) is 0 Å². The highest BCUT2D eigenvalue weighted by Gasteiger charge is 2.27. The summed E-state index contributed by atoms with van der Waals surface area (Å²) in [6.07, 6.45) is 4.12. The van der Waals surface area contributed by atoms with Crippen LogP contribution in [0.5, 0.6) is 0 Å². The molecule has 0 amide bonds. The van der Waals surface area contributed by atoms with E-state index in [-0.39, 0.29) is 0 Å². The first-order valence-electron chi connectivity index (χ1n) is 3.65. The third-order valence-corrected chi connectivity index (χ3v) is 2.73. The minimum atomic E-state index is -0.443. The first-order valence-corrected chi connectivity index (χ1v) is 4.84. The summed E-state index contributed by atoms with van der Waals surface area (Å²) in [7, 11) is 0. The highest BCUT2D eigenvalue weighted by atomic mass is 32.2. The van der Waals surface area contributed by atoms with Crippen LogP contribution in [-0.4, -0.2) is 34.4 Å². The lowest BCUT2D eigenvalue weighted by Crippen LogP contribution is -2.42. The number of hydrogen-bond acceptors (Lipinski definition) is 3. The lowest BCUT2D eigenvalue weighted by atomic mass is 9.97. The summed E-state index contributed by atoms with van der Waals surface area (Å²) < 4.78 is 2.21. The van der Waals surface area contributed by atoms with E-state index in [2.05, 4.69) is 10.6 Å². The first kappa shape index (κ1) is 8.37. The molecule has 0 aromatic heterocycles. The average molecular weight is 161 g/mol. The molecular formula is C7H15NOS. The van der Waals surface area contributed by atoms with E-state index in [9.17, 15) is 5.11 Å². The van der Waals surface area contributed by atoms with Crippen molar-refractivity contribution in [2.75, 3.05) is 19.3 Å². The van der Waals surface area contributed by atoms with Gasteiger partial charge in [-0.25, -0.2) is 4.31 Å². The van der Waals surface area contributed by atoms with Crippen LogP contribution in [0.15, 0.2) is 0 Å². The Morgan fingerprint density at radius 3 is 2.70 bits per heavy atom. The van der Waals surface area contributed by atoms with Gasteiger partial charge < -0.3 is 5.11 Å². The van der Waals surface area contributed by atoms with E-state index in [0.29, 0.717) is 0 Å². The van der Waals surface area contributed by atoms with E-state index in [1.54, 1.807) is 11.9 Å². The molecule has 1 aliphatic rings. The number of β-amino-alcohol motifs (C(OH)–C–C–N with tert-alkyl or cyclic N) is 1. The monoisotopic (exact) mass is 161 g/mol. The van der Waals surface area contributed by atoms with E-state index in [1.165, 1.54) is 0 Å². The summed E-state index contributed by atoms with van der Waals surface area (Å²) in [6, 6.07) is 0. The summed E-state index contributed by atoms with van der Waals surface area (Å²) in [6.45, 7) is 3.85. The standard InChI is InChI=1S/C7H15NOS/c1-7(9)4-3-5-8(6-7)10-2/h9H,3-6H2,1-2H3/t7-/m1/s1. The molecule has 0 aromatic rings. The van der Waals surface area contributed by atoms with Gasteiger partial charge in [0, 0.05) is 13.1 Å². The third-order valence-electron chi connectivity index (χ3n) is 1.90. The van der Waals surface area contributed by atoms with Crippen LogP contribution in [0.2, 0.25) is 0 Å². The molecular weight excluding hydrogens is 146 g/mol. The van der Waals surface area contributed by atoms with E-state index in [0.717, 1.165) is 25.9 Å². The number of rotatable bonds is 1. The smallest absolute Gasteiger partial charge is 0.0756 e. The van der Waals surface area contributed by atoms with Crippen LogP contribution in [-0.2, 0) is 0 Å². The van der Waals surface area contributed by atoms with Crippen molar-refractivity contribution in [2.45, 2.75) is 25.4 Å². The van der Waals surface area contributed by atoms with Crippen molar-refractivity contribution in [3.8, 4) is 0 Å². The molecule has 1 atom stereocenters. The summed E-state index contributed by atoms with van der Waals surface area (Å²) in [5.74, 6) is 0. The molecule has 1 saturated heterocycles. The Labute approximate surface area is 66.7 Å². The molecule has 1 rings (SSSR count). The van der Waals surface area contributed by atoms with Gasteiger partial charge in [-0.15, -0.1) is 0 Å². The normalized spacial score (nSPS) is 36.3. The molecule has 0 spiro atoms. The van der Waals surface area contributed by atoms with Gasteiger partial charge in [0.1, 0.15) is 0 Å². The molecule has 1 aliphatic heterocycles. The molecule has 0 bridgehead atoms. The van der Waals surface area contributed by atoms with Crippen LogP contribution in [0.4, 0.5) is 0 Å². The first-order chi connectivity index (χ1) is 4.64. The number of nitrogens with zero attached hydrogens (tertiary/aromatic N) is 1. The van der Waals surface area contributed by atoms with Gasteiger partial charge in [-0.3, -0.25) is 0 Å². The van der Waals surface area contributed by atoms with Crippen LogP contribution >= 0.6 is 11.9 Å². The average Bonchev–Trinajstić information content (AvgIpc) is 1.86. The van der Waals surface area contributed by atoms with Crippen molar-refractivity contribution in [3.05, 3.63) is 0 Å². The Morgan fingerprint density at radius 2 is 2.30 bits per heavy atom. The summed E-state index contributed by atoms with van der Waals surface area (Å²) in [5.41, 5.74) is -0.443. The summed E-state index contributed by atoms with van der Waals surface area (Å²) >= 11 is 1.72. The third kappa shape index (κ3) is 2.15. The Morgan fingerprint density at radius 1 is 1.60 bits per heavy atom. The fourth-order valence-electron chi connectivity index (χ4n) is 1.33. The highest BCUT2D eigenvalue weighted by Crippen LogP contribution is 2.23. The maximum absolute atomic E-state index is 9.62. The number of aliphatic hydroxyl groups is 1. The fraction of sp³-hybridized carbons (Fsp3) is 1.00.